The third-order valence-corrected chi connectivity index (χ3v) is 9.66. The molecule has 0 N–H and O–H groups in total. The van der Waals surface area contributed by atoms with E-state index in [1.807, 2.05) is 0 Å². The summed E-state index contributed by atoms with van der Waals surface area (Å²) >= 11 is 0. The maximum absolute atomic E-state index is 11.1. The van der Waals surface area contributed by atoms with Gasteiger partial charge in [0.2, 0.25) is 0 Å². The molecule has 3 unspecified atom stereocenters. The van der Waals surface area contributed by atoms with Gasteiger partial charge in [-0.2, -0.15) is 5.26 Å². The zero-order valence-electron chi connectivity index (χ0n) is 28.4. The minimum absolute atomic E-state index is 0.138. The smallest absolute Gasteiger partial charge is 0.330 e. The Balaban J connectivity index is 1.45. The molecular weight excluding hydrogens is 554 g/mol. The minimum atomic E-state index is -0.336. The molecule has 0 bridgehead atoms. The van der Waals surface area contributed by atoms with Crippen LogP contribution in [0.25, 0.3) is 11.1 Å². The van der Waals surface area contributed by atoms with E-state index in [4.69, 9.17) is 9.47 Å². The number of rotatable bonds is 22. The molecule has 0 spiro atoms. The van der Waals surface area contributed by atoms with Crippen molar-refractivity contribution in [3.05, 3.63) is 66.7 Å². The Morgan fingerprint density at radius 2 is 1.53 bits per heavy atom. The summed E-state index contributed by atoms with van der Waals surface area (Å²) in [4.78, 5) is 11.1. The molecule has 3 rings (SSSR count). The fraction of sp³-hybridized carbons (Fsp3) is 0.610. The SMILES string of the molecule is C=CC(=O)OCCCCCCCC(CCC)Oc1ccc(-c2ccc(C3CCCC(C#N)(CCCCCCCC)C3)cc2)cc1. The summed E-state index contributed by atoms with van der Waals surface area (Å²) in [5.74, 6) is 1.09. The molecule has 0 saturated heterocycles. The van der Waals surface area contributed by atoms with E-state index in [1.54, 1.807) is 0 Å². The van der Waals surface area contributed by atoms with Crippen LogP contribution in [0, 0.1) is 16.7 Å². The Morgan fingerprint density at radius 1 is 0.889 bits per heavy atom. The van der Waals surface area contributed by atoms with Crippen molar-refractivity contribution < 1.29 is 14.3 Å². The standard InChI is InChI=1S/C41H59NO3/c1-4-7-8-9-12-15-29-41(33-42)30-17-19-37(32-41)36-23-21-34(22-24-36)35-25-27-39(28-26-35)45-38(18-5-2)20-14-11-10-13-16-31-44-40(43)6-3/h6,21-28,37-38H,3-5,7-20,29-32H2,1-2H3. The first-order valence-corrected chi connectivity index (χ1v) is 18.1. The van der Waals surface area contributed by atoms with Crippen LogP contribution in [0.15, 0.2) is 61.2 Å². The van der Waals surface area contributed by atoms with Crippen molar-refractivity contribution in [2.75, 3.05) is 6.61 Å². The maximum Gasteiger partial charge on any atom is 0.330 e. The fourth-order valence-electron chi connectivity index (χ4n) is 6.96. The molecule has 4 heteroatoms. The predicted octanol–water partition coefficient (Wildman–Crippen LogP) is 11.9. The molecule has 0 aliphatic heterocycles. The number of unbranched alkanes of at least 4 members (excludes halogenated alkanes) is 9. The summed E-state index contributed by atoms with van der Waals surface area (Å²) in [5, 5.41) is 10.2. The molecule has 2 aromatic rings. The van der Waals surface area contributed by atoms with Crippen molar-refractivity contribution in [2.24, 2.45) is 5.41 Å². The molecule has 45 heavy (non-hydrogen) atoms. The number of nitrogens with zero attached hydrogens (tertiary/aromatic N) is 1. The molecule has 1 fully saturated rings. The highest BCUT2D eigenvalue weighted by atomic mass is 16.5. The van der Waals surface area contributed by atoms with Crippen molar-refractivity contribution >= 4 is 5.97 Å². The molecule has 0 aromatic heterocycles. The van der Waals surface area contributed by atoms with Gasteiger partial charge in [0, 0.05) is 6.08 Å². The van der Waals surface area contributed by atoms with Crippen molar-refractivity contribution in [2.45, 2.75) is 148 Å². The van der Waals surface area contributed by atoms with Gasteiger partial charge >= 0.3 is 5.97 Å². The van der Waals surface area contributed by atoms with Crippen LogP contribution in [0.3, 0.4) is 0 Å². The molecule has 0 heterocycles. The van der Waals surface area contributed by atoms with E-state index >= 15 is 0 Å². The normalized spacial score (nSPS) is 18.6. The van der Waals surface area contributed by atoms with E-state index in [2.05, 4.69) is 75.0 Å². The van der Waals surface area contributed by atoms with Gasteiger partial charge in [-0.1, -0.05) is 127 Å². The second kappa shape index (κ2) is 20.9. The Kier molecular flexibility index (Phi) is 16.9. The van der Waals surface area contributed by atoms with Gasteiger partial charge in [0.15, 0.2) is 0 Å². The largest absolute Gasteiger partial charge is 0.490 e. The molecule has 1 aliphatic rings. The van der Waals surface area contributed by atoms with Gasteiger partial charge in [-0.05, 0) is 86.1 Å². The number of ether oxygens (including phenoxy) is 2. The molecular formula is C41H59NO3. The van der Waals surface area contributed by atoms with E-state index in [-0.39, 0.29) is 17.5 Å². The van der Waals surface area contributed by atoms with Crippen LogP contribution in [0.4, 0.5) is 0 Å². The van der Waals surface area contributed by atoms with E-state index in [0.717, 1.165) is 76.4 Å². The molecule has 0 amide bonds. The van der Waals surface area contributed by atoms with Gasteiger partial charge in [0.25, 0.3) is 0 Å². The van der Waals surface area contributed by atoms with Crippen molar-refractivity contribution in [1.82, 2.24) is 0 Å². The number of nitriles is 1. The maximum atomic E-state index is 11.1. The van der Waals surface area contributed by atoms with Gasteiger partial charge in [0.1, 0.15) is 5.75 Å². The summed E-state index contributed by atoms with van der Waals surface area (Å²) in [6.07, 6.45) is 23.4. The van der Waals surface area contributed by atoms with E-state index in [0.29, 0.717) is 12.5 Å². The Bertz CT molecular complexity index is 1150. The fourth-order valence-corrected chi connectivity index (χ4v) is 6.96. The average Bonchev–Trinajstić information content (AvgIpc) is 3.08. The third-order valence-electron chi connectivity index (χ3n) is 9.66. The Labute approximate surface area is 274 Å². The summed E-state index contributed by atoms with van der Waals surface area (Å²) < 4.78 is 11.5. The zero-order valence-corrected chi connectivity index (χ0v) is 28.4. The number of hydrogen-bond acceptors (Lipinski definition) is 4. The van der Waals surface area contributed by atoms with Crippen LogP contribution in [-0.4, -0.2) is 18.7 Å². The summed E-state index contributed by atoms with van der Waals surface area (Å²) in [5.41, 5.74) is 3.68. The molecule has 1 aliphatic carbocycles. The van der Waals surface area contributed by atoms with E-state index in [9.17, 15) is 10.1 Å². The lowest BCUT2D eigenvalue weighted by Gasteiger charge is -2.36. The lowest BCUT2D eigenvalue weighted by molar-refractivity contribution is -0.137. The highest BCUT2D eigenvalue weighted by Gasteiger charge is 2.36. The number of hydrogen-bond donors (Lipinski definition) is 0. The van der Waals surface area contributed by atoms with Gasteiger partial charge in [-0.25, -0.2) is 4.79 Å². The average molecular weight is 614 g/mol. The van der Waals surface area contributed by atoms with Crippen LogP contribution >= 0.6 is 0 Å². The minimum Gasteiger partial charge on any atom is -0.490 e. The summed E-state index contributed by atoms with van der Waals surface area (Å²) in [6, 6.07) is 20.5. The quantitative estimate of drug-likeness (QED) is 0.0753. The van der Waals surface area contributed by atoms with Crippen molar-refractivity contribution in [3.63, 3.8) is 0 Å². The number of esters is 1. The second-order valence-electron chi connectivity index (χ2n) is 13.3. The Hall–Kier alpha value is -3.06. The van der Waals surface area contributed by atoms with Crippen molar-refractivity contribution in [3.8, 4) is 22.9 Å². The van der Waals surface area contributed by atoms with Crippen LogP contribution in [0.1, 0.15) is 147 Å². The second-order valence-corrected chi connectivity index (χ2v) is 13.3. The number of benzene rings is 2. The topological polar surface area (TPSA) is 59.3 Å². The van der Waals surface area contributed by atoms with Gasteiger partial charge in [0.05, 0.1) is 24.2 Å². The van der Waals surface area contributed by atoms with Gasteiger partial charge in [-0.15, -0.1) is 0 Å². The first-order valence-electron chi connectivity index (χ1n) is 18.1. The number of carbonyl (C=O) groups excluding carboxylic acids is 1. The molecule has 2 aromatic carbocycles. The van der Waals surface area contributed by atoms with Crippen molar-refractivity contribution in [1.29, 1.82) is 5.26 Å². The van der Waals surface area contributed by atoms with Crippen LogP contribution < -0.4 is 4.74 Å². The highest BCUT2D eigenvalue weighted by molar-refractivity contribution is 5.81. The summed E-state index contributed by atoms with van der Waals surface area (Å²) in [6.45, 7) is 8.38. The molecule has 246 valence electrons. The van der Waals surface area contributed by atoms with Crippen LogP contribution in [-0.2, 0) is 9.53 Å². The lowest BCUT2D eigenvalue weighted by Crippen LogP contribution is -2.26. The predicted molar refractivity (Wildman–Crippen MR) is 187 cm³/mol. The third kappa shape index (κ3) is 13.1. The zero-order chi connectivity index (χ0) is 32.2. The van der Waals surface area contributed by atoms with E-state index in [1.165, 1.54) is 74.1 Å². The van der Waals surface area contributed by atoms with E-state index < -0.39 is 0 Å². The summed E-state index contributed by atoms with van der Waals surface area (Å²) in [7, 11) is 0. The van der Waals surface area contributed by atoms with Crippen LogP contribution in [0.5, 0.6) is 5.75 Å². The molecule has 0 radical (unpaired) electrons. The molecule has 3 atom stereocenters. The Morgan fingerprint density at radius 3 is 2.20 bits per heavy atom. The number of carbonyl (C=O) groups is 1. The molecule has 1 saturated carbocycles. The van der Waals surface area contributed by atoms with Gasteiger partial charge < -0.3 is 9.47 Å². The molecule has 4 nitrogen and oxygen atoms in total. The van der Waals surface area contributed by atoms with Crippen LogP contribution in [0.2, 0.25) is 0 Å². The lowest BCUT2D eigenvalue weighted by atomic mass is 9.66. The first kappa shape index (κ1) is 36.4. The van der Waals surface area contributed by atoms with Gasteiger partial charge in [-0.3, -0.25) is 0 Å². The first-order chi connectivity index (χ1) is 22.0. The monoisotopic (exact) mass is 613 g/mol. The highest BCUT2D eigenvalue weighted by Crippen LogP contribution is 2.47.